The predicted molar refractivity (Wildman–Crippen MR) is 81.4 cm³/mol. The standard InChI is InChI=1S/C14H13BrN2OS/c1-16-13(18)9-19-14(16)10-6-7-17(8-10)12-4-2-11(15)3-5-12/h2-8,14H,9H2,1H3. The van der Waals surface area contributed by atoms with Gasteiger partial charge >= 0.3 is 0 Å². The quantitative estimate of drug-likeness (QED) is 0.839. The second kappa shape index (κ2) is 5.06. The van der Waals surface area contributed by atoms with E-state index in [1.807, 2.05) is 30.3 Å². The van der Waals surface area contributed by atoms with Gasteiger partial charge in [0, 0.05) is 35.2 Å². The van der Waals surface area contributed by atoms with Crippen LogP contribution in [0, 0.1) is 0 Å². The number of hydrogen-bond donors (Lipinski definition) is 0. The lowest BCUT2D eigenvalue weighted by Gasteiger charge is -2.17. The molecule has 3 nitrogen and oxygen atoms in total. The molecular weight excluding hydrogens is 324 g/mol. The molecule has 0 radical (unpaired) electrons. The molecule has 0 bridgehead atoms. The Morgan fingerprint density at radius 1 is 1.26 bits per heavy atom. The van der Waals surface area contributed by atoms with E-state index >= 15 is 0 Å². The maximum atomic E-state index is 11.6. The number of amides is 1. The van der Waals surface area contributed by atoms with Crippen molar-refractivity contribution < 1.29 is 4.79 Å². The number of hydrogen-bond acceptors (Lipinski definition) is 2. The highest BCUT2D eigenvalue weighted by atomic mass is 79.9. The van der Waals surface area contributed by atoms with Crippen molar-refractivity contribution in [1.29, 1.82) is 0 Å². The van der Waals surface area contributed by atoms with Crippen LogP contribution in [0.1, 0.15) is 10.9 Å². The van der Waals surface area contributed by atoms with Gasteiger partial charge in [0.2, 0.25) is 5.91 Å². The van der Waals surface area contributed by atoms with Crippen molar-refractivity contribution in [3.05, 3.63) is 52.8 Å². The Kier molecular flexibility index (Phi) is 3.41. The van der Waals surface area contributed by atoms with E-state index in [0.29, 0.717) is 5.75 Å². The first kappa shape index (κ1) is 12.8. The molecule has 2 heterocycles. The molecule has 1 saturated heterocycles. The third kappa shape index (κ3) is 2.44. The first-order valence-electron chi connectivity index (χ1n) is 5.96. The lowest BCUT2D eigenvalue weighted by atomic mass is 10.3. The van der Waals surface area contributed by atoms with Gasteiger partial charge in [0.15, 0.2) is 0 Å². The lowest BCUT2D eigenvalue weighted by molar-refractivity contribution is -0.126. The molecule has 2 aromatic rings. The van der Waals surface area contributed by atoms with Gasteiger partial charge in [-0.15, -0.1) is 11.8 Å². The van der Waals surface area contributed by atoms with Crippen molar-refractivity contribution in [2.24, 2.45) is 0 Å². The third-order valence-corrected chi connectivity index (χ3v) is 5.08. The van der Waals surface area contributed by atoms with Crippen molar-refractivity contribution in [3.63, 3.8) is 0 Å². The van der Waals surface area contributed by atoms with Crippen LogP contribution in [-0.4, -0.2) is 28.2 Å². The highest BCUT2D eigenvalue weighted by Crippen LogP contribution is 2.37. The van der Waals surface area contributed by atoms with Crippen molar-refractivity contribution in [1.82, 2.24) is 9.47 Å². The maximum Gasteiger partial charge on any atom is 0.233 e. The summed E-state index contributed by atoms with van der Waals surface area (Å²) >= 11 is 5.11. The highest BCUT2D eigenvalue weighted by Gasteiger charge is 2.30. The summed E-state index contributed by atoms with van der Waals surface area (Å²) in [4.78, 5) is 13.4. The smallest absolute Gasteiger partial charge is 0.233 e. The van der Waals surface area contributed by atoms with Gasteiger partial charge in [0.25, 0.3) is 0 Å². The second-order valence-electron chi connectivity index (χ2n) is 4.50. The summed E-state index contributed by atoms with van der Waals surface area (Å²) in [6.45, 7) is 0. The van der Waals surface area contributed by atoms with Crippen molar-refractivity contribution in [2.75, 3.05) is 12.8 Å². The Labute approximate surface area is 124 Å². The third-order valence-electron chi connectivity index (χ3n) is 3.24. The molecule has 1 unspecified atom stereocenters. The number of halogens is 1. The summed E-state index contributed by atoms with van der Waals surface area (Å²) in [6, 6.07) is 10.2. The van der Waals surface area contributed by atoms with E-state index in [9.17, 15) is 4.79 Å². The highest BCUT2D eigenvalue weighted by molar-refractivity contribution is 9.10. The number of benzene rings is 1. The molecule has 1 amide bonds. The first-order chi connectivity index (χ1) is 9.15. The minimum atomic E-state index is 0.143. The van der Waals surface area contributed by atoms with Crippen LogP contribution >= 0.6 is 27.7 Å². The Morgan fingerprint density at radius 3 is 2.63 bits per heavy atom. The van der Waals surface area contributed by atoms with Crippen LogP contribution in [0.25, 0.3) is 5.69 Å². The summed E-state index contributed by atoms with van der Waals surface area (Å²) in [5.74, 6) is 0.774. The average molecular weight is 337 g/mol. The van der Waals surface area contributed by atoms with E-state index in [0.717, 1.165) is 10.2 Å². The molecule has 1 atom stereocenters. The van der Waals surface area contributed by atoms with Gasteiger partial charge in [-0.3, -0.25) is 4.79 Å². The number of nitrogens with zero attached hydrogens (tertiary/aromatic N) is 2. The van der Waals surface area contributed by atoms with Crippen molar-refractivity contribution in [3.8, 4) is 5.69 Å². The molecule has 1 aliphatic heterocycles. The molecule has 1 fully saturated rings. The van der Waals surface area contributed by atoms with E-state index in [1.54, 1.807) is 11.8 Å². The molecule has 98 valence electrons. The lowest BCUT2D eigenvalue weighted by Crippen LogP contribution is -2.22. The topological polar surface area (TPSA) is 25.2 Å². The fourth-order valence-electron chi connectivity index (χ4n) is 2.15. The van der Waals surface area contributed by atoms with Gasteiger partial charge in [-0.2, -0.15) is 0 Å². The zero-order valence-corrected chi connectivity index (χ0v) is 12.8. The number of carbonyl (C=O) groups is 1. The molecule has 1 aromatic heterocycles. The van der Waals surface area contributed by atoms with Gasteiger partial charge in [0.1, 0.15) is 5.37 Å². The number of thioether (sulfide) groups is 1. The molecule has 0 aliphatic carbocycles. The molecule has 3 rings (SSSR count). The Balaban J connectivity index is 1.87. The van der Waals surface area contributed by atoms with Crippen LogP contribution in [0.2, 0.25) is 0 Å². The number of rotatable bonds is 2. The number of aromatic nitrogens is 1. The van der Waals surface area contributed by atoms with E-state index in [4.69, 9.17) is 0 Å². The molecule has 1 aromatic carbocycles. The van der Waals surface area contributed by atoms with Gasteiger partial charge in [-0.25, -0.2) is 0 Å². The van der Waals surface area contributed by atoms with E-state index in [1.165, 1.54) is 5.56 Å². The van der Waals surface area contributed by atoms with E-state index in [-0.39, 0.29) is 11.3 Å². The normalized spacial score (nSPS) is 19.2. The Morgan fingerprint density at radius 2 is 2.00 bits per heavy atom. The molecule has 0 N–H and O–H groups in total. The zero-order valence-electron chi connectivity index (χ0n) is 10.4. The van der Waals surface area contributed by atoms with Crippen LogP contribution in [0.3, 0.4) is 0 Å². The zero-order chi connectivity index (χ0) is 13.4. The minimum absolute atomic E-state index is 0.143. The van der Waals surface area contributed by atoms with Crippen LogP contribution in [0.15, 0.2) is 47.2 Å². The summed E-state index contributed by atoms with van der Waals surface area (Å²) in [5.41, 5.74) is 2.28. The Bertz CT molecular complexity index is 608. The van der Waals surface area contributed by atoms with Gasteiger partial charge in [-0.1, -0.05) is 15.9 Å². The van der Waals surface area contributed by atoms with Crippen molar-refractivity contribution >= 4 is 33.6 Å². The van der Waals surface area contributed by atoms with E-state index < -0.39 is 0 Å². The van der Waals surface area contributed by atoms with Crippen LogP contribution in [0.4, 0.5) is 0 Å². The molecule has 19 heavy (non-hydrogen) atoms. The van der Waals surface area contributed by atoms with Crippen molar-refractivity contribution in [2.45, 2.75) is 5.37 Å². The molecule has 1 aliphatic rings. The Hall–Kier alpha value is -1.20. The van der Waals surface area contributed by atoms with Crippen LogP contribution in [-0.2, 0) is 4.79 Å². The van der Waals surface area contributed by atoms with Gasteiger partial charge in [0.05, 0.1) is 5.75 Å². The molecule has 0 spiro atoms. The average Bonchev–Trinajstić information content (AvgIpc) is 2.99. The summed E-state index contributed by atoms with van der Waals surface area (Å²) in [7, 11) is 1.87. The monoisotopic (exact) mass is 336 g/mol. The van der Waals surface area contributed by atoms with Gasteiger partial charge < -0.3 is 9.47 Å². The van der Waals surface area contributed by atoms with Gasteiger partial charge in [-0.05, 0) is 30.3 Å². The number of carbonyl (C=O) groups excluding carboxylic acids is 1. The fraction of sp³-hybridized carbons (Fsp3) is 0.214. The first-order valence-corrected chi connectivity index (χ1v) is 7.80. The minimum Gasteiger partial charge on any atom is -0.329 e. The summed E-state index contributed by atoms with van der Waals surface area (Å²) in [5, 5.41) is 0.143. The molecule has 0 saturated carbocycles. The maximum absolute atomic E-state index is 11.6. The van der Waals surface area contributed by atoms with Crippen LogP contribution < -0.4 is 0 Å². The van der Waals surface area contributed by atoms with E-state index in [2.05, 4.69) is 44.9 Å². The molecular formula is C14H13BrN2OS. The summed E-state index contributed by atoms with van der Waals surface area (Å²) in [6.07, 6.45) is 4.13. The SMILES string of the molecule is CN1C(=O)CSC1c1ccn(-c2ccc(Br)cc2)c1. The van der Waals surface area contributed by atoms with Crippen LogP contribution in [0.5, 0.6) is 0 Å². The molecule has 5 heteroatoms. The predicted octanol–water partition coefficient (Wildman–Crippen LogP) is 3.44. The summed E-state index contributed by atoms with van der Waals surface area (Å²) < 4.78 is 3.15. The fourth-order valence-corrected chi connectivity index (χ4v) is 3.59. The largest absolute Gasteiger partial charge is 0.329 e. The second-order valence-corrected chi connectivity index (χ2v) is 6.48.